The van der Waals surface area contributed by atoms with Gasteiger partial charge < -0.3 is 14.7 Å². The minimum Gasteiger partial charge on any atom is -0.503 e. The smallest absolute Gasteiger partial charge is 0.290 e. The molecule has 8 heteroatoms. The quantitative estimate of drug-likeness (QED) is 0.392. The average Bonchev–Trinajstić information content (AvgIpc) is 3.28. The molecule has 1 atom stereocenters. The maximum atomic E-state index is 13.6. The Bertz CT molecular complexity index is 1250. The number of aromatic nitrogens is 2. The van der Waals surface area contributed by atoms with Crippen LogP contribution in [0.25, 0.3) is 0 Å². The van der Waals surface area contributed by atoms with Crippen molar-refractivity contribution in [3.8, 4) is 5.75 Å². The summed E-state index contributed by atoms with van der Waals surface area (Å²) in [4.78, 5) is 37.1. The Hall–Kier alpha value is -3.78. The standard InChI is InChI=1S/C25H23N3O4S/c1-4-11-32-19-9-5-8-18(12-19)21-20(22(29)24-15(2)27-16(3)33-24)23(30)25(31)28(21)14-17-7-6-10-26-13-17/h4-10,12-13,21,30H,1,11,14H2,2-3H3. The van der Waals surface area contributed by atoms with Crippen molar-refractivity contribution in [2.24, 2.45) is 0 Å². The van der Waals surface area contributed by atoms with E-state index in [1.165, 1.54) is 16.2 Å². The van der Waals surface area contributed by atoms with Crippen LogP contribution in [-0.2, 0) is 11.3 Å². The number of thiazole rings is 1. The summed E-state index contributed by atoms with van der Waals surface area (Å²) in [5, 5.41) is 11.6. The van der Waals surface area contributed by atoms with Gasteiger partial charge in [-0.2, -0.15) is 0 Å². The number of ketones is 1. The van der Waals surface area contributed by atoms with Crippen molar-refractivity contribution in [1.82, 2.24) is 14.9 Å². The molecule has 1 aliphatic rings. The number of rotatable bonds is 8. The molecule has 0 saturated heterocycles. The third-order valence-corrected chi connectivity index (χ3v) is 6.35. The molecule has 168 valence electrons. The molecule has 4 rings (SSSR count). The predicted molar refractivity (Wildman–Crippen MR) is 125 cm³/mol. The van der Waals surface area contributed by atoms with Crippen molar-refractivity contribution in [2.75, 3.05) is 6.61 Å². The lowest BCUT2D eigenvalue weighted by Crippen LogP contribution is -2.30. The molecule has 3 heterocycles. The molecule has 1 N–H and O–H groups in total. The summed E-state index contributed by atoms with van der Waals surface area (Å²) in [6, 6.07) is 9.99. The highest BCUT2D eigenvalue weighted by Gasteiger charge is 2.44. The van der Waals surface area contributed by atoms with Gasteiger partial charge in [0, 0.05) is 18.9 Å². The van der Waals surface area contributed by atoms with E-state index in [1.54, 1.807) is 49.7 Å². The Morgan fingerprint density at radius 3 is 2.79 bits per heavy atom. The van der Waals surface area contributed by atoms with Gasteiger partial charge in [-0.3, -0.25) is 14.6 Å². The van der Waals surface area contributed by atoms with Crippen LogP contribution in [0.4, 0.5) is 0 Å². The van der Waals surface area contributed by atoms with E-state index in [1.807, 2.05) is 19.1 Å². The van der Waals surface area contributed by atoms with Gasteiger partial charge in [-0.1, -0.05) is 30.9 Å². The van der Waals surface area contributed by atoms with E-state index in [0.29, 0.717) is 28.5 Å². The average molecular weight is 462 g/mol. The lowest BCUT2D eigenvalue weighted by Gasteiger charge is -2.27. The van der Waals surface area contributed by atoms with Crippen molar-refractivity contribution >= 4 is 23.0 Å². The zero-order valence-corrected chi connectivity index (χ0v) is 19.1. The van der Waals surface area contributed by atoms with Gasteiger partial charge in [-0.25, -0.2) is 4.98 Å². The number of benzene rings is 1. The molecule has 7 nitrogen and oxygen atoms in total. The van der Waals surface area contributed by atoms with E-state index in [-0.39, 0.29) is 12.1 Å². The lowest BCUT2D eigenvalue weighted by atomic mass is 9.94. The first-order valence-electron chi connectivity index (χ1n) is 10.4. The Morgan fingerprint density at radius 2 is 2.12 bits per heavy atom. The predicted octanol–water partition coefficient (Wildman–Crippen LogP) is 4.50. The molecule has 0 radical (unpaired) electrons. The minimum atomic E-state index is -0.792. The second kappa shape index (κ2) is 9.38. The Labute approximate surface area is 195 Å². The lowest BCUT2D eigenvalue weighted by molar-refractivity contribution is -0.130. The summed E-state index contributed by atoms with van der Waals surface area (Å²) in [5.74, 6) is -0.982. The van der Waals surface area contributed by atoms with E-state index >= 15 is 0 Å². The van der Waals surface area contributed by atoms with E-state index in [2.05, 4.69) is 16.5 Å². The van der Waals surface area contributed by atoms with Crippen molar-refractivity contribution in [3.05, 3.63) is 99.5 Å². The fourth-order valence-electron chi connectivity index (χ4n) is 3.88. The fraction of sp³-hybridized carbons (Fsp3) is 0.200. The Morgan fingerprint density at radius 1 is 1.30 bits per heavy atom. The maximum Gasteiger partial charge on any atom is 0.290 e. The number of aryl methyl sites for hydroxylation is 2. The zero-order valence-electron chi connectivity index (χ0n) is 18.3. The van der Waals surface area contributed by atoms with Crippen LogP contribution in [-0.4, -0.2) is 38.3 Å². The minimum absolute atomic E-state index is 0.0384. The number of aliphatic hydroxyl groups excluding tert-OH is 1. The summed E-state index contributed by atoms with van der Waals surface area (Å²) < 4.78 is 5.66. The summed E-state index contributed by atoms with van der Waals surface area (Å²) in [6.45, 7) is 7.72. The van der Waals surface area contributed by atoms with Crippen molar-refractivity contribution < 1.29 is 19.4 Å². The molecule has 0 spiro atoms. The third-order valence-electron chi connectivity index (χ3n) is 5.28. The molecule has 1 aromatic carbocycles. The molecule has 0 saturated carbocycles. The number of nitrogens with zero attached hydrogens (tertiary/aromatic N) is 3. The van der Waals surface area contributed by atoms with E-state index in [4.69, 9.17) is 4.74 Å². The van der Waals surface area contributed by atoms with Crippen LogP contribution in [0.15, 0.2) is 72.8 Å². The van der Waals surface area contributed by atoms with Gasteiger partial charge in [-0.05, 0) is 43.2 Å². The molecular formula is C25H23N3O4S. The van der Waals surface area contributed by atoms with E-state index < -0.39 is 23.5 Å². The second-order valence-electron chi connectivity index (χ2n) is 7.61. The van der Waals surface area contributed by atoms with Crippen LogP contribution in [0.2, 0.25) is 0 Å². The van der Waals surface area contributed by atoms with Gasteiger partial charge in [0.05, 0.1) is 27.2 Å². The van der Waals surface area contributed by atoms with Gasteiger partial charge in [0.2, 0.25) is 5.78 Å². The number of carbonyl (C=O) groups excluding carboxylic acids is 2. The van der Waals surface area contributed by atoms with E-state index in [0.717, 1.165) is 10.6 Å². The van der Waals surface area contributed by atoms with E-state index in [9.17, 15) is 14.7 Å². The van der Waals surface area contributed by atoms with Gasteiger partial charge in [0.1, 0.15) is 12.4 Å². The first-order chi connectivity index (χ1) is 15.9. The normalized spacial score (nSPS) is 15.8. The van der Waals surface area contributed by atoms with Gasteiger partial charge in [-0.15, -0.1) is 11.3 Å². The monoisotopic (exact) mass is 461 g/mol. The SMILES string of the molecule is C=CCOc1cccc(C2C(C(=O)c3sc(C)nc3C)=C(O)C(=O)N2Cc2cccnc2)c1. The highest BCUT2D eigenvalue weighted by molar-refractivity contribution is 7.14. The summed E-state index contributed by atoms with van der Waals surface area (Å²) in [5.41, 5.74) is 2.04. The summed E-state index contributed by atoms with van der Waals surface area (Å²) in [6.07, 6.45) is 4.93. The van der Waals surface area contributed by atoms with Crippen molar-refractivity contribution in [1.29, 1.82) is 0 Å². The number of hydrogen-bond donors (Lipinski definition) is 1. The molecule has 0 fully saturated rings. The highest BCUT2D eigenvalue weighted by atomic mass is 32.1. The first kappa shape index (κ1) is 22.4. The van der Waals surface area contributed by atoms with Crippen LogP contribution in [0.1, 0.15) is 37.5 Å². The number of pyridine rings is 1. The number of hydrogen-bond acceptors (Lipinski definition) is 7. The highest BCUT2D eigenvalue weighted by Crippen LogP contribution is 2.41. The van der Waals surface area contributed by atoms with Gasteiger partial charge >= 0.3 is 0 Å². The molecule has 0 bridgehead atoms. The molecule has 2 aromatic heterocycles. The van der Waals surface area contributed by atoms with Crippen LogP contribution in [0.5, 0.6) is 5.75 Å². The number of aliphatic hydroxyl groups is 1. The number of Topliss-reactive ketones (excluding diaryl/α,β-unsaturated/α-hetero) is 1. The van der Waals surface area contributed by atoms with Crippen LogP contribution in [0, 0.1) is 13.8 Å². The van der Waals surface area contributed by atoms with Gasteiger partial charge in [0.15, 0.2) is 5.76 Å². The Kier molecular flexibility index (Phi) is 6.37. The number of amides is 1. The number of carbonyl (C=O) groups is 2. The van der Waals surface area contributed by atoms with Crippen LogP contribution >= 0.6 is 11.3 Å². The Balaban J connectivity index is 1.81. The maximum absolute atomic E-state index is 13.6. The largest absolute Gasteiger partial charge is 0.503 e. The zero-order chi connectivity index (χ0) is 23.5. The molecule has 1 unspecified atom stereocenters. The van der Waals surface area contributed by atoms with Gasteiger partial charge in [0.25, 0.3) is 5.91 Å². The summed E-state index contributed by atoms with van der Waals surface area (Å²) >= 11 is 1.25. The number of ether oxygens (including phenoxy) is 1. The van der Waals surface area contributed by atoms with Crippen molar-refractivity contribution in [2.45, 2.75) is 26.4 Å². The topological polar surface area (TPSA) is 92.6 Å². The van der Waals surface area contributed by atoms with Crippen molar-refractivity contribution in [3.63, 3.8) is 0 Å². The van der Waals surface area contributed by atoms with Crippen LogP contribution in [0.3, 0.4) is 0 Å². The summed E-state index contributed by atoms with van der Waals surface area (Å²) in [7, 11) is 0. The molecule has 0 aliphatic carbocycles. The third kappa shape index (κ3) is 4.42. The molecular weight excluding hydrogens is 438 g/mol. The molecule has 1 aliphatic heterocycles. The second-order valence-corrected chi connectivity index (χ2v) is 8.81. The van der Waals surface area contributed by atoms with Crippen LogP contribution < -0.4 is 4.74 Å². The first-order valence-corrected chi connectivity index (χ1v) is 11.2. The molecule has 3 aromatic rings. The molecule has 33 heavy (non-hydrogen) atoms. The molecule has 1 amide bonds. The fourth-order valence-corrected chi connectivity index (χ4v) is 4.75.